The third-order valence-corrected chi connectivity index (χ3v) is 1.83. The fourth-order valence-corrected chi connectivity index (χ4v) is 1.10. The van der Waals surface area contributed by atoms with Crippen molar-refractivity contribution in [3.63, 3.8) is 0 Å². The largest absolute Gasteiger partial charge is 0.0856 e. The van der Waals surface area contributed by atoms with Gasteiger partial charge in [-0.1, -0.05) is 36.4 Å². The fourth-order valence-electron chi connectivity index (χ4n) is 0.759. The summed E-state index contributed by atoms with van der Waals surface area (Å²) in [7, 11) is 0. The number of benzene rings is 1. The van der Waals surface area contributed by atoms with E-state index in [0.29, 0.717) is 0 Å². The number of halogens is 1. The van der Waals surface area contributed by atoms with Gasteiger partial charge in [0.1, 0.15) is 0 Å². The lowest BCUT2D eigenvalue weighted by Gasteiger charge is -2.01. The fraction of sp³-hybridized carbons (Fsp3) is 0.250. The van der Waals surface area contributed by atoms with Gasteiger partial charge in [-0.2, -0.15) is 0 Å². The first-order valence-corrected chi connectivity index (χ1v) is 3.96. The molecule has 0 nitrogen and oxygen atoms in total. The summed E-state index contributed by atoms with van der Waals surface area (Å²) in [6.07, 6.45) is 0. The van der Waals surface area contributed by atoms with Gasteiger partial charge in [-0.3, -0.25) is 0 Å². The van der Waals surface area contributed by atoms with E-state index in [0.717, 1.165) is 10.6 Å². The standard InChI is InChI=1S/C8H8ClS/c1-6(10)7-3-2-4-8(9)5-7/h2-6H,1H3. The molecular weight excluding hydrogens is 164 g/mol. The molecule has 10 heavy (non-hydrogen) atoms. The SMILES string of the molecule is CC([S])c1cccc(Cl)c1. The van der Waals surface area contributed by atoms with Crippen LogP contribution in [0, 0.1) is 0 Å². The molecule has 0 saturated heterocycles. The third kappa shape index (κ3) is 1.93. The highest BCUT2D eigenvalue weighted by Crippen LogP contribution is 2.21. The van der Waals surface area contributed by atoms with Crippen LogP contribution in [0.2, 0.25) is 5.02 Å². The van der Waals surface area contributed by atoms with E-state index in [1.807, 2.05) is 31.2 Å². The Morgan fingerprint density at radius 1 is 1.50 bits per heavy atom. The smallest absolute Gasteiger partial charge is 0.0409 e. The van der Waals surface area contributed by atoms with E-state index in [-0.39, 0.29) is 5.25 Å². The van der Waals surface area contributed by atoms with Crippen LogP contribution in [0.25, 0.3) is 0 Å². The van der Waals surface area contributed by atoms with Crippen molar-refractivity contribution in [3.8, 4) is 0 Å². The van der Waals surface area contributed by atoms with Gasteiger partial charge in [0.05, 0.1) is 0 Å². The molecule has 1 radical (unpaired) electrons. The second-order valence-corrected chi connectivity index (χ2v) is 3.34. The van der Waals surface area contributed by atoms with E-state index < -0.39 is 0 Å². The summed E-state index contributed by atoms with van der Waals surface area (Å²) >= 11 is 10.8. The van der Waals surface area contributed by atoms with Gasteiger partial charge in [-0.25, -0.2) is 0 Å². The van der Waals surface area contributed by atoms with Crippen molar-refractivity contribution in [1.29, 1.82) is 0 Å². The molecule has 2 heteroatoms. The van der Waals surface area contributed by atoms with E-state index >= 15 is 0 Å². The van der Waals surface area contributed by atoms with E-state index in [4.69, 9.17) is 24.2 Å². The van der Waals surface area contributed by atoms with Gasteiger partial charge in [0.25, 0.3) is 0 Å². The van der Waals surface area contributed by atoms with Crippen LogP contribution in [0.5, 0.6) is 0 Å². The summed E-state index contributed by atoms with van der Waals surface area (Å²) in [5.41, 5.74) is 1.11. The summed E-state index contributed by atoms with van der Waals surface area (Å²) in [4.78, 5) is 0. The average Bonchev–Trinajstić information content (AvgIpc) is 1.88. The second kappa shape index (κ2) is 3.31. The first-order chi connectivity index (χ1) is 4.70. The Kier molecular flexibility index (Phi) is 2.64. The zero-order chi connectivity index (χ0) is 7.56. The summed E-state index contributed by atoms with van der Waals surface area (Å²) in [5, 5.41) is 0.910. The Morgan fingerprint density at radius 2 is 2.20 bits per heavy atom. The minimum Gasteiger partial charge on any atom is -0.0856 e. The van der Waals surface area contributed by atoms with Crippen LogP contribution in [0.1, 0.15) is 17.7 Å². The van der Waals surface area contributed by atoms with E-state index in [1.54, 1.807) is 0 Å². The van der Waals surface area contributed by atoms with Crippen molar-refractivity contribution in [2.24, 2.45) is 0 Å². The van der Waals surface area contributed by atoms with Crippen molar-refractivity contribution in [2.45, 2.75) is 12.2 Å². The molecule has 0 N–H and O–H groups in total. The van der Waals surface area contributed by atoms with E-state index in [1.165, 1.54) is 0 Å². The van der Waals surface area contributed by atoms with Gasteiger partial charge in [0.2, 0.25) is 0 Å². The molecule has 1 unspecified atom stereocenters. The van der Waals surface area contributed by atoms with Gasteiger partial charge >= 0.3 is 0 Å². The molecule has 1 aromatic carbocycles. The van der Waals surface area contributed by atoms with Crippen LogP contribution < -0.4 is 0 Å². The maximum Gasteiger partial charge on any atom is 0.0409 e. The lowest BCUT2D eigenvalue weighted by atomic mass is 10.2. The molecule has 53 valence electrons. The predicted molar refractivity (Wildman–Crippen MR) is 47.5 cm³/mol. The molecule has 0 fully saturated rings. The minimum absolute atomic E-state index is 0.152. The van der Waals surface area contributed by atoms with E-state index in [9.17, 15) is 0 Å². The van der Waals surface area contributed by atoms with E-state index in [2.05, 4.69) is 0 Å². The highest BCUT2D eigenvalue weighted by molar-refractivity contribution is 7.80. The van der Waals surface area contributed by atoms with Gasteiger partial charge < -0.3 is 0 Å². The number of hydrogen-bond donors (Lipinski definition) is 0. The first-order valence-electron chi connectivity index (χ1n) is 3.11. The molecule has 0 aliphatic carbocycles. The van der Waals surface area contributed by atoms with Gasteiger partial charge in [-0.15, -0.1) is 0 Å². The molecule has 1 atom stereocenters. The van der Waals surface area contributed by atoms with Crippen molar-refractivity contribution < 1.29 is 0 Å². The number of hydrogen-bond acceptors (Lipinski definition) is 0. The summed E-state index contributed by atoms with van der Waals surface area (Å²) in [5.74, 6) is 0. The normalized spacial score (nSPS) is 13.1. The third-order valence-electron chi connectivity index (χ3n) is 1.32. The molecule has 0 saturated carbocycles. The lowest BCUT2D eigenvalue weighted by Crippen LogP contribution is -1.81. The summed E-state index contributed by atoms with van der Waals surface area (Å²) in [6, 6.07) is 7.66. The topological polar surface area (TPSA) is 0 Å². The molecule has 0 aromatic heterocycles. The Labute approximate surface area is 71.6 Å². The molecule has 0 aliphatic rings. The molecule has 0 bridgehead atoms. The molecular formula is C8H8ClS. The molecule has 0 aliphatic heterocycles. The average molecular weight is 172 g/mol. The Balaban J connectivity index is 2.96. The zero-order valence-electron chi connectivity index (χ0n) is 5.67. The van der Waals surface area contributed by atoms with Crippen LogP contribution in [0.3, 0.4) is 0 Å². The van der Waals surface area contributed by atoms with Crippen LogP contribution in [-0.2, 0) is 0 Å². The van der Waals surface area contributed by atoms with Crippen LogP contribution in [0.15, 0.2) is 24.3 Å². The predicted octanol–water partition coefficient (Wildman–Crippen LogP) is 3.60. The van der Waals surface area contributed by atoms with Crippen LogP contribution in [-0.4, -0.2) is 0 Å². The highest BCUT2D eigenvalue weighted by atomic mass is 35.5. The van der Waals surface area contributed by atoms with Gasteiger partial charge in [0.15, 0.2) is 0 Å². The van der Waals surface area contributed by atoms with Crippen LogP contribution in [0.4, 0.5) is 0 Å². The first kappa shape index (κ1) is 7.96. The monoisotopic (exact) mass is 171 g/mol. The Hall–Kier alpha value is -0.140. The van der Waals surface area contributed by atoms with Crippen molar-refractivity contribution in [1.82, 2.24) is 0 Å². The van der Waals surface area contributed by atoms with Gasteiger partial charge in [-0.05, 0) is 24.6 Å². The maximum atomic E-state index is 5.74. The highest BCUT2D eigenvalue weighted by Gasteiger charge is 1.98. The molecule has 1 aromatic rings. The Morgan fingerprint density at radius 3 is 2.60 bits per heavy atom. The molecule has 0 amide bonds. The summed E-state index contributed by atoms with van der Waals surface area (Å²) in [6.45, 7) is 1.97. The molecule has 1 rings (SSSR count). The second-order valence-electron chi connectivity index (χ2n) is 2.20. The Bertz CT molecular complexity index is 220. The van der Waals surface area contributed by atoms with Crippen molar-refractivity contribution in [3.05, 3.63) is 34.9 Å². The van der Waals surface area contributed by atoms with Crippen molar-refractivity contribution in [2.75, 3.05) is 0 Å². The maximum absolute atomic E-state index is 5.74. The van der Waals surface area contributed by atoms with Gasteiger partial charge in [0, 0.05) is 10.3 Å². The van der Waals surface area contributed by atoms with Crippen molar-refractivity contribution >= 4 is 24.2 Å². The lowest BCUT2D eigenvalue weighted by molar-refractivity contribution is 1.11. The molecule has 0 spiro atoms. The minimum atomic E-state index is 0.152. The zero-order valence-corrected chi connectivity index (χ0v) is 7.25. The van der Waals surface area contributed by atoms with Crippen LogP contribution >= 0.6 is 24.2 Å². The molecule has 0 heterocycles. The number of rotatable bonds is 1. The summed E-state index contributed by atoms with van der Waals surface area (Å²) < 4.78 is 0. The quantitative estimate of drug-likeness (QED) is 0.606.